The van der Waals surface area contributed by atoms with E-state index in [-0.39, 0.29) is 0 Å². The van der Waals surface area contributed by atoms with Gasteiger partial charge in [0.15, 0.2) is 0 Å². The maximum absolute atomic E-state index is 9.46. The van der Waals surface area contributed by atoms with Crippen LogP contribution >= 0.6 is 0 Å². The summed E-state index contributed by atoms with van der Waals surface area (Å²) in [6.07, 6.45) is 0. The Labute approximate surface area is 118 Å². The first-order chi connectivity index (χ1) is 9.81. The molecule has 20 heavy (non-hydrogen) atoms. The maximum Gasteiger partial charge on any atom is 0.125 e. The molecular formula is C16H17N3O. The van der Waals surface area contributed by atoms with E-state index in [9.17, 15) is 5.26 Å². The molecule has 0 radical (unpaired) electrons. The molecule has 102 valence electrons. The topological polar surface area (TPSA) is 52.0 Å². The molecular weight excluding hydrogens is 250 g/mol. The zero-order valence-electron chi connectivity index (χ0n) is 11.5. The van der Waals surface area contributed by atoms with E-state index in [1.165, 1.54) is 0 Å². The van der Waals surface area contributed by atoms with Crippen LogP contribution in [0.15, 0.2) is 30.3 Å². The Hall–Kier alpha value is -2.25. The lowest BCUT2D eigenvalue weighted by Crippen LogP contribution is -2.36. The molecule has 0 atom stereocenters. The number of H-pyrrole nitrogens is 1. The summed E-state index contributed by atoms with van der Waals surface area (Å²) < 4.78 is 5.38. The molecule has 4 heteroatoms. The van der Waals surface area contributed by atoms with Gasteiger partial charge in [-0.15, -0.1) is 0 Å². The second-order valence-electron chi connectivity index (χ2n) is 4.93. The SMILES string of the molecule is Cc1c(-c2ccccc2)[nH]c(N2CCOCC2)c1C#N. The molecule has 2 aromatic rings. The number of ether oxygens (including phenoxy) is 1. The van der Waals surface area contributed by atoms with Gasteiger partial charge in [-0.1, -0.05) is 30.3 Å². The van der Waals surface area contributed by atoms with Crippen LogP contribution in [0.1, 0.15) is 11.1 Å². The predicted molar refractivity (Wildman–Crippen MR) is 78.7 cm³/mol. The Bertz CT molecular complexity index is 634. The Morgan fingerprint density at radius 3 is 2.55 bits per heavy atom. The number of anilines is 1. The van der Waals surface area contributed by atoms with Crippen LogP contribution in [-0.4, -0.2) is 31.3 Å². The van der Waals surface area contributed by atoms with E-state index in [2.05, 4.69) is 28.1 Å². The number of benzene rings is 1. The molecule has 0 bridgehead atoms. The normalized spacial score (nSPS) is 15.1. The summed E-state index contributed by atoms with van der Waals surface area (Å²) in [5.41, 5.74) is 3.90. The van der Waals surface area contributed by atoms with Crippen molar-refractivity contribution in [3.63, 3.8) is 0 Å². The molecule has 4 nitrogen and oxygen atoms in total. The molecule has 1 fully saturated rings. The number of hydrogen-bond donors (Lipinski definition) is 1. The van der Waals surface area contributed by atoms with Crippen molar-refractivity contribution in [1.82, 2.24) is 4.98 Å². The van der Waals surface area contributed by atoms with Gasteiger partial charge in [0.1, 0.15) is 11.9 Å². The van der Waals surface area contributed by atoms with Gasteiger partial charge in [0.2, 0.25) is 0 Å². The average molecular weight is 267 g/mol. The van der Waals surface area contributed by atoms with Gasteiger partial charge in [0.25, 0.3) is 0 Å². The summed E-state index contributed by atoms with van der Waals surface area (Å²) in [7, 11) is 0. The number of nitrogens with zero attached hydrogens (tertiary/aromatic N) is 2. The lowest BCUT2D eigenvalue weighted by molar-refractivity contribution is 0.122. The van der Waals surface area contributed by atoms with E-state index in [1.54, 1.807) is 0 Å². The first-order valence-electron chi connectivity index (χ1n) is 6.82. The summed E-state index contributed by atoms with van der Waals surface area (Å²) in [4.78, 5) is 5.63. The third-order valence-electron chi connectivity index (χ3n) is 3.73. The predicted octanol–water partition coefficient (Wildman–Crippen LogP) is 2.70. The van der Waals surface area contributed by atoms with Crippen molar-refractivity contribution >= 4 is 5.82 Å². The fraction of sp³-hybridized carbons (Fsp3) is 0.312. The van der Waals surface area contributed by atoms with Crippen LogP contribution in [0.25, 0.3) is 11.3 Å². The molecule has 0 unspecified atom stereocenters. The van der Waals surface area contributed by atoms with Crippen LogP contribution in [-0.2, 0) is 4.74 Å². The molecule has 2 heterocycles. The molecule has 1 aromatic heterocycles. The van der Waals surface area contributed by atoms with Gasteiger partial charge in [-0.3, -0.25) is 0 Å². The smallest absolute Gasteiger partial charge is 0.125 e. The molecule has 1 aliphatic rings. The Morgan fingerprint density at radius 2 is 1.90 bits per heavy atom. The highest BCUT2D eigenvalue weighted by atomic mass is 16.5. The van der Waals surface area contributed by atoms with E-state index in [1.807, 2.05) is 25.1 Å². The number of aromatic nitrogens is 1. The van der Waals surface area contributed by atoms with Gasteiger partial charge < -0.3 is 14.6 Å². The van der Waals surface area contributed by atoms with Crippen LogP contribution in [0, 0.1) is 18.3 Å². The minimum atomic E-state index is 0.712. The van der Waals surface area contributed by atoms with E-state index in [4.69, 9.17) is 4.74 Å². The zero-order chi connectivity index (χ0) is 13.9. The number of aromatic amines is 1. The zero-order valence-corrected chi connectivity index (χ0v) is 11.5. The van der Waals surface area contributed by atoms with Crippen molar-refractivity contribution in [2.75, 3.05) is 31.2 Å². The highest BCUT2D eigenvalue weighted by molar-refractivity contribution is 5.74. The van der Waals surface area contributed by atoms with Gasteiger partial charge >= 0.3 is 0 Å². The minimum Gasteiger partial charge on any atom is -0.378 e. The van der Waals surface area contributed by atoms with Crippen molar-refractivity contribution in [2.24, 2.45) is 0 Å². The monoisotopic (exact) mass is 267 g/mol. The lowest BCUT2D eigenvalue weighted by atomic mass is 10.1. The molecule has 0 spiro atoms. The highest BCUT2D eigenvalue weighted by Crippen LogP contribution is 2.32. The Balaban J connectivity index is 2.05. The number of rotatable bonds is 2. The molecule has 1 saturated heterocycles. The van der Waals surface area contributed by atoms with Crippen LogP contribution in [0.5, 0.6) is 0 Å². The van der Waals surface area contributed by atoms with Crippen molar-refractivity contribution in [2.45, 2.75) is 6.92 Å². The molecule has 1 aliphatic heterocycles. The number of nitriles is 1. The minimum absolute atomic E-state index is 0.712. The molecule has 1 N–H and O–H groups in total. The average Bonchev–Trinajstić information content (AvgIpc) is 2.86. The van der Waals surface area contributed by atoms with E-state index < -0.39 is 0 Å². The first kappa shape index (κ1) is 12.8. The van der Waals surface area contributed by atoms with E-state index >= 15 is 0 Å². The van der Waals surface area contributed by atoms with E-state index in [0.717, 1.165) is 41.3 Å². The largest absolute Gasteiger partial charge is 0.378 e. The lowest BCUT2D eigenvalue weighted by Gasteiger charge is -2.27. The number of nitrogens with one attached hydrogen (secondary N) is 1. The summed E-state index contributed by atoms with van der Waals surface area (Å²) in [5, 5.41) is 9.46. The maximum atomic E-state index is 9.46. The molecule has 1 aromatic carbocycles. The van der Waals surface area contributed by atoms with Crippen LogP contribution in [0.3, 0.4) is 0 Å². The number of morpholine rings is 1. The van der Waals surface area contributed by atoms with Crippen LogP contribution < -0.4 is 4.90 Å². The molecule has 0 aliphatic carbocycles. The summed E-state index contributed by atoms with van der Waals surface area (Å²) in [6.45, 7) is 5.07. The third kappa shape index (κ3) is 2.17. The van der Waals surface area contributed by atoms with Gasteiger partial charge in [0.05, 0.1) is 24.5 Å². The van der Waals surface area contributed by atoms with Crippen LogP contribution in [0.2, 0.25) is 0 Å². The number of hydrogen-bond acceptors (Lipinski definition) is 3. The fourth-order valence-electron chi connectivity index (χ4n) is 2.63. The highest BCUT2D eigenvalue weighted by Gasteiger charge is 2.21. The second-order valence-corrected chi connectivity index (χ2v) is 4.93. The molecule has 0 amide bonds. The molecule has 0 saturated carbocycles. The van der Waals surface area contributed by atoms with Crippen molar-refractivity contribution < 1.29 is 4.74 Å². The van der Waals surface area contributed by atoms with Gasteiger partial charge in [-0.2, -0.15) is 5.26 Å². The first-order valence-corrected chi connectivity index (χ1v) is 6.82. The van der Waals surface area contributed by atoms with Gasteiger partial charge in [-0.25, -0.2) is 0 Å². The Morgan fingerprint density at radius 1 is 1.20 bits per heavy atom. The third-order valence-corrected chi connectivity index (χ3v) is 3.73. The van der Waals surface area contributed by atoms with Crippen molar-refractivity contribution in [3.05, 3.63) is 41.5 Å². The van der Waals surface area contributed by atoms with Crippen LogP contribution in [0.4, 0.5) is 5.82 Å². The van der Waals surface area contributed by atoms with Gasteiger partial charge in [-0.05, 0) is 18.1 Å². The summed E-state index contributed by atoms with van der Waals surface area (Å²) >= 11 is 0. The van der Waals surface area contributed by atoms with Crippen molar-refractivity contribution in [1.29, 1.82) is 5.26 Å². The quantitative estimate of drug-likeness (QED) is 0.910. The fourth-order valence-corrected chi connectivity index (χ4v) is 2.63. The molecule has 3 rings (SSSR count). The summed E-state index contributed by atoms with van der Waals surface area (Å²) in [5.74, 6) is 0.923. The van der Waals surface area contributed by atoms with Crippen molar-refractivity contribution in [3.8, 4) is 17.3 Å². The van der Waals surface area contributed by atoms with E-state index in [0.29, 0.717) is 13.2 Å². The van der Waals surface area contributed by atoms with Gasteiger partial charge in [0, 0.05) is 13.1 Å². The standard InChI is InChI=1S/C16H17N3O/c1-12-14(11-17)16(19-7-9-20-10-8-19)18-15(12)13-5-3-2-4-6-13/h2-6,18H,7-10H2,1H3. The summed E-state index contributed by atoms with van der Waals surface area (Å²) in [6, 6.07) is 12.5. The second kappa shape index (κ2) is 5.40. The Kier molecular flexibility index (Phi) is 3.44.